The monoisotopic (exact) mass is 252 g/mol. The van der Waals surface area contributed by atoms with Crippen LogP contribution >= 0.6 is 0 Å². The Balaban J connectivity index is 3.01. The van der Waals surface area contributed by atoms with Crippen LogP contribution in [0.3, 0.4) is 0 Å². The smallest absolute Gasteiger partial charge is 0.341 e. The lowest BCUT2D eigenvalue weighted by Gasteiger charge is -2.10. The van der Waals surface area contributed by atoms with Crippen LogP contribution in [0.5, 0.6) is 0 Å². The lowest BCUT2D eigenvalue weighted by Crippen LogP contribution is -2.35. The number of rotatable bonds is 5. The molecule has 18 heavy (non-hydrogen) atoms. The zero-order chi connectivity index (χ0) is 13.7. The topological polar surface area (TPSA) is 88.4 Å². The number of aromatic nitrogens is 1. The van der Waals surface area contributed by atoms with Gasteiger partial charge < -0.3 is 15.0 Å². The summed E-state index contributed by atoms with van der Waals surface area (Å²) >= 11 is 0. The molecule has 0 aliphatic carbocycles. The van der Waals surface area contributed by atoms with Crippen LogP contribution in [0.15, 0.2) is 16.9 Å². The number of aryl methyl sites for hydroxylation is 1. The van der Waals surface area contributed by atoms with Crippen LogP contribution in [-0.4, -0.2) is 28.1 Å². The van der Waals surface area contributed by atoms with Gasteiger partial charge in [0.15, 0.2) is 0 Å². The number of nitrogens with one attached hydrogen (secondary N) is 1. The highest BCUT2D eigenvalue weighted by molar-refractivity contribution is 5.87. The molecule has 0 fully saturated rings. The maximum absolute atomic E-state index is 11.8. The Kier molecular flexibility index (Phi) is 4.65. The highest BCUT2D eigenvalue weighted by Gasteiger charge is 2.14. The summed E-state index contributed by atoms with van der Waals surface area (Å²) in [6.45, 7) is 3.94. The van der Waals surface area contributed by atoms with Crippen molar-refractivity contribution in [1.29, 1.82) is 0 Å². The van der Waals surface area contributed by atoms with Crippen molar-refractivity contribution in [1.82, 2.24) is 9.88 Å². The zero-order valence-corrected chi connectivity index (χ0v) is 10.4. The quantitative estimate of drug-likeness (QED) is 0.793. The minimum Gasteiger partial charge on any atom is -0.477 e. The molecule has 0 atom stereocenters. The molecule has 0 unspecified atom stereocenters. The van der Waals surface area contributed by atoms with Crippen molar-refractivity contribution in [2.75, 3.05) is 6.54 Å². The van der Waals surface area contributed by atoms with E-state index in [4.69, 9.17) is 5.11 Å². The summed E-state index contributed by atoms with van der Waals surface area (Å²) in [4.78, 5) is 34.2. The average Bonchev–Trinajstić information content (AvgIpc) is 2.31. The van der Waals surface area contributed by atoms with Gasteiger partial charge in [0, 0.05) is 12.2 Å². The maximum atomic E-state index is 11.8. The standard InChI is InChI=1S/C12H16N2O4/c1-3-6-13-10(15)7-14-8(2)4-5-9(11(14)16)12(17)18/h4-5H,3,6-7H2,1-2H3,(H,13,15)(H,17,18). The molecule has 0 radical (unpaired) electrons. The van der Waals surface area contributed by atoms with Gasteiger partial charge in [-0.2, -0.15) is 0 Å². The highest BCUT2D eigenvalue weighted by atomic mass is 16.4. The van der Waals surface area contributed by atoms with Crippen LogP contribution in [0.25, 0.3) is 0 Å². The largest absolute Gasteiger partial charge is 0.477 e. The molecule has 98 valence electrons. The second-order valence-corrected chi connectivity index (χ2v) is 3.93. The highest BCUT2D eigenvalue weighted by Crippen LogP contribution is 1.98. The van der Waals surface area contributed by atoms with Gasteiger partial charge in [0.1, 0.15) is 12.1 Å². The van der Waals surface area contributed by atoms with E-state index in [0.717, 1.165) is 11.0 Å². The lowest BCUT2D eigenvalue weighted by atomic mass is 10.2. The predicted molar refractivity (Wildman–Crippen MR) is 65.7 cm³/mol. The second-order valence-electron chi connectivity index (χ2n) is 3.93. The van der Waals surface area contributed by atoms with Gasteiger partial charge in [0.25, 0.3) is 5.56 Å². The molecule has 0 aromatic carbocycles. The Morgan fingerprint density at radius 1 is 1.39 bits per heavy atom. The van der Waals surface area contributed by atoms with Crippen molar-refractivity contribution in [3.05, 3.63) is 33.7 Å². The Labute approximate surface area is 104 Å². The molecule has 0 aliphatic heterocycles. The Bertz CT molecular complexity index is 519. The van der Waals surface area contributed by atoms with Crippen molar-refractivity contribution >= 4 is 11.9 Å². The third kappa shape index (κ3) is 3.19. The first kappa shape index (κ1) is 14.0. The molecular weight excluding hydrogens is 236 g/mol. The van der Waals surface area contributed by atoms with Crippen LogP contribution < -0.4 is 10.9 Å². The maximum Gasteiger partial charge on any atom is 0.341 e. The molecule has 0 saturated carbocycles. The summed E-state index contributed by atoms with van der Waals surface area (Å²) in [6, 6.07) is 2.76. The van der Waals surface area contributed by atoms with E-state index in [-0.39, 0.29) is 18.0 Å². The molecule has 1 heterocycles. The summed E-state index contributed by atoms with van der Waals surface area (Å²) in [7, 11) is 0. The molecule has 1 aromatic rings. The van der Waals surface area contributed by atoms with Gasteiger partial charge in [0.05, 0.1) is 0 Å². The number of pyridine rings is 1. The first-order valence-electron chi connectivity index (χ1n) is 5.67. The molecule has 1 rings (SSSR count). The van der Waals surface area contributed by atoms with E-state index in [1.807, 2.05) is 6.92 Å². The summed E-state index contributed by atoms with van der Waals surface area (Å²) < 4.78 is 1.16. The van der Waals surface area contributed by atoms with Gasteiger partial charge in [-0.25, -0.2) is 4.79 Å². The van der Waals surface area contributed by atoms with Crippen LogP contribution in [0.1, 0.15) is 29.4 Å². The van der Waals surface area contributed by atoms with Crippen molar-refractivity contribution in [3.8, 4) is 0 Å². The van der Waals surface area contributed by atoms with E-state index >= 15 is 0 Å². The molecule has 0 spiro atoms. The Hall–Kier alpha value is -2.11. The number of aromatic carboxylic acids is 1. The third-order valence-corrected chi connectivity index (χ3v) is 2.50. The number of amides is 1. The summed E-state index contributed by atoms with van der Waals surface area (Å²) in [5.41, 5.74) is -0.435. The number of carboxylic acid groups (broad SMARTS) is 1. The molecule has 0 saturated heterocycles. The summed E-state index contributed by atoms with van der Waals surface area (Å²) in [6.07, 6.45) is 0.800. The van der Waals surface area contributed by atoms with E-state index in [2.05, 4.69) is 5.32 Å². The number of carbonyl (C=O) groups is 2. The molecule has 2 N–H and O–H groups in total. The Morgan fingerprint density at radius 2 is 2.06 bits per heavy atom. The fraction of sp³-hybridized carbons (Fsp3) is 0.417. The fourth-order valence-electron chi connectivity index (χ4n) is 1.49. The Morgan fingerprint density at radius 3 is 2.61 bits per heavy atom. The van der Waals surface area contributed by atoms with Gasteiger partial charge in [-0.3, -0.25) is 9.59 Å². The van der Waals surface area contributed by atoms with Crippen molar-refractivity contribution < 1.29 is 14.7 Å². The number of carboxylic acids is 1. The van der Waals surface area contributed by atoms with E-state index in [1.165, 1.54) is 12.1 Å². The van der Waals surface area contributed by atoms with Crippen molar-refractivity contribution in [2.24, 2.45) is 0 Å². The number of nitrogens with zero attached hydrogens (tertiary/aromatic N) is 1. The van der Waals surface area contributed by atoms with E-state index in [1.54, 1.807) is 6.92 Å². The summed E-state index contributed by atoms with van der Waals surface area (Å²) in [5, 5.41) is 11.5. The van der Waals surface area contributed by atoms with Gasteiger partial charge in [-0.15, -0.1) is 0 Å². The minimum absolute atomic E-state index is 0.161. The van der Waals surface area contributed by atoms with E-state index < -0.39 is 11.5 Å². The third-order valence-electron chi connectivity index (χ3n) is 2.50. The van der Waals surface area contributed by atoms with Gasteiger partial charge >= 0.3 is 5.97 Å². The van der Waals surface area contributed by atoms with Crippen molar-refractivity contribution in [3.63, 3.8) is 0 Å². The molecule has 0 bridgehead atoms. The van der Waals surface area contributed by atoms with Crippen molar-refractivity contribution in [2.45, 2.75) is 26.8 Å². The molecule has 0 aliphatic rings. The average molecular weight is 252 g/mol. The fourth-order valence-corrected chi connectivity index (χ4v) is 1.49. The normalized spacial score (nSPS) is 10.1. The molecular formula is C12H16N2O4. The second kappa shape index (κ2) is 6.00. The first-order valence-corrected chi connectivity index (χ1v) is 5.67. The van der Waals surface area contributed by atoms with Crippen LogP contribution in [-0.2, 0) is 11.3 Å². The molecule has 1 aromatic heterocycles. The molecule has 6 nitrogen and oxygen atoms in total. The molecule has 6 heteroatoms. The van der Waals surface area contributed by atoms with Gasteiger partial charge in [-0.1, -0.05) is 6.92 Å². The van der Waals surface area contributed by atoms with Crippen LogP contribution in [0.2, 0.25) is 0 Å². The predicted octanol–water partition coefficient (Wildman–Crippen LogP) is 0.381. The number of hydrogen-bond acceptors (Lipinski definition) is 3. The van der Waals surface area contributed by atoms with Gasteiger partial charge in [-0.05, 0) is 25.5 Å². The van der Waals surface area contributed by atoms with Gasteiger partial charge in [0.2, 0.25) is 5.91 Å². The molecule has 1 amide bonds. The number of carbonyl (C=O) groups excluding carboxylic acids is 1. The lowest BCUT2D eigenvalue weighted by molar-refractivity contribution is -0.121. The first-order chi connectivity index (χ1) is 8.47. The van der Waals surface area contributed by atoms with Crippen LogP contribution in [0, 0.1) is 6.92 Å². The van der Waals surface area contributed by atoms with E-state index in [9.17, 15) is 14.4 Å². The van der Waals surface area contributed by atoms with Crippen LogP contribution in [0.4, 0.5) is 0 Å². The SMILES string of the molecule is CCCNC(=O)Cn1c(C)ccc(C(=O)O)c1=O. The minimum atomic E-state index is -1.29. The van der Waals surface area contributed by atoms with E-state index in [0.29, 0.717) is 12.2 Å². The summed E-state index contributed by atoms with van der Waals surface area (Å²) in [5.74, 6) is -1.59. The zero-order valence-electron chi connectivity index (χ0n) is 10.4. The number of hydrogen-bond donors (Lipinski definition) is 2.